The quantitative estimate of drug-likeness (QED) is 0.166. The number of fused-ring (bicyclic) bond motifs is 17. The summed E-state index contributed by atoms with van der Waals surface area (Å²) in [6.45, 7) is 0. The lowest BCUT2D eigenvalue weighted by atomic mass is 9.89. The van der Waals surface area contributed by atoms with E-state index < -0.39 is 0 Å². The Morgan fingerprint density at radius 2 is 0.576 bits per heavy atom. The van der Waals surface area contributed by atoms with Crippen LogP contribution >= 0.6 is 11.3 Å². The molecule has 5 heterocycles. The Balaban J connectivity index is 1.12. The summed E-state index contributed by atoms with van der Waals surface area (Å²) in [6.07, 6.45) is 0. The second-order valence-electron chi connectivity index (χ2n) is 22.0. The summed E-state index contributed by atoms with van der Waals surface area (Å²) in [4.78, 5) is 0. The van der Waals surface area contributed by atoms with E-state index in [4.69, 9.17) is 0 Å². The van der Waals surface area contributed by atoms with Crippen LogP contribution in [-0.2, 0) is 0 Å². The molecule has 13 aromatic carbocycles. The number of rotatable bonds is 6. The van der Waals surface area contributed by atoms with E-state index in [9.17, 15) is 10.5 Å². The second-order valence-corrected chi connectivity index (χ2v) is 23.1. The maximum atomic E-state index is 13.0. The van der Waals surface area contributed by atoms with E-state index in [-0.39, 0.29) is 0 Å². The van der Waals surface area contributed by atoms with Gasteiger partial charge < -0.3 is 18.3 Å². The van der Waals surface area contributed by atoms with E-state index >= 15 is 0 Å². The van der Waals surface area contributed by atoms with Gasteiger partial charge >= 0.3 is 0 Å². The fourth-order valence-corrected chi connectivity index (χ4v) is 15.7. The monoisotopic (exact) mass is 1100 g/mol. The van der Waals surface area contributed by atoms with Crippen LogP contribution in [0.3, 0.4) is 0 Å². The summed E-state index contributed by atoms with van der Waals surface area (Å²) >= 11 is 1.81. The predicted octanol–water partition coefficient (Wildman–Crippen LogP) is 20.7. The summed E-state index contributed by atoms with van der Waals surface area (Å²) in [5.41, 5.74) is 15.0. The molecule has 7 heteroatoms. The van der Waals surface area contributed by atoms with Crippen LogP contribution in [0.15, 0.2) is 267 Å². The van der Waals surface area contributed by atoms with Gasteiger partial charge in [-0.2, -0.15) is 10.5 Å². The van der Waals surface area contributed by atoms with E-state index in [0.717, 1.165) is 120 Å². The molecule has 5 aromatic heterocycles. The summed E-state index contributed by atoms with van der Waals surface area (Å²) < 4.78 is 11.5. The average molecular weight is 1100 g/mol. The smallest absolute Gasteiger partial charge is 0.104 e. The van der Waals surface area contributed by atoms with Crippen LogP contribution in [0.5, 0.6) is 0 Å². The lowest BCUT2D eigenvalue weighted by Gasteiger charge is -2.27. The fourth-order valence-electron chi connectivity index (χ4n) is 14.5. The van der Waals surface area contributed by atoms with Gasteiger partial charge in [-0.1, -0.05) is 212 Å². The van der Waals surface area contributed by atoms with Gasteiger partial charge in [0.1, 0.15) is 23.3 Å². The Hall–Kier alpha value is -11.5. The van der Waals surface area contributed by atoms with E-state index in [1.54, 1.807) is 0 Å². The second kappa shape index (κ2) is 18.0. The molecule has 18 aromatic rings. The molecule has 18 rings (SSSR count). The zero-order valence-electron chi connectivity index (χ0n) is 45.5. The SMILES string of the molecule is N#Cc1c(-n2c3ccccc3c3ccccc32)c(-n2c3ccccc3c3ccccc32)c(C#N)c(-n2c3cccc(-c4ccccc4-c4cccc5ccccc45)c3c3c4sc5ccccc5c4ccc32)c1-n1c2ccccc2c2ccccc21. The van der Waals surface area contributed by atoms with Gasteiger partial charge in [0.05, 0.1) is 66.9 Å². The zero-order valence-corrected chi connectivity index (χ0v) is 46.3. The normalized spacial score (nSPS) is 12.0. The summed E-state index contributed by atoms with van der Waals surface area (Å²) in [5, 5.41) is 39.0. The zero-order chi connectivity index (χ0) is 56.0. The third-order valence-electron chi connectivity index (χ3n) is 17.9. The van der Waals surface area contributed by atoms with E-state index in [1.807, 2.05) is 11.3 Å². The third-order valence-corrected chi connectivity index (χ3v) is 19.1. The summed E-state index contributed by atoms with van der Waals surface area (Å²) in [7, 11) is 0. The minimum absolute atomic E-state index is 0.413. The molecule has 0 unspecified atom stereocenters. The van der Waals surface area contributed by atoms with Crippen molar-refractivity contribution in [3.8, 4) is 57.1 Å². The Morgan fingerprint density at radius 1 is 0.247 bits per heavy atom. The van der Waals surface area contributed by atoms with Crippen molar-refractivity contribution in [1.82, 2.24) is 18.3 Å². The van der Waals surface area contributed by atoms with Crippen molar-refractivity contribution in [1.29, 1.82) is 10.5 Å². The van der Waals surface area contributed by atoms with Gasteiger partial charge in [0.15, 0.2) is 0 Å². The third kappa shape index (κ3) is 6.45. The molecule has 0 radical (unpaired) electrons. The van der Waals surface area contributed by atoms with Crippen LogP contribution in [0, 0.1) is 22.7 Å². The summed E-state index contributed by atoms with van der Waals surface area (Å²) in [5.74, 6) is 0. The Morgan fingerprint density at radius 3 is 1.06 bits per heavy atom. The number of benzene rings is 13. The van der Waals surface area contributed by atoms with E-state index in [2.05, 4.69) is 297 Å². The Kier molecular flexibility index (Phi) is 10.00. The molecule has 0 spiro atoms. The Labute approximate surface area is 490 Å². The lowest BCUT2D eigenvalue weighted by Crippen LogP contribution is -2.16. The van der Waals surface area contributed by atoms with Crippen LogP contribution in [-0.4, -0.2) is 18.3 Å². The number of hydrogen-bond acceptors (Lipinski definition) is 3. The molecule has 392 valence electrons. The molecule has 0 atom stereocenters. The van der Waals surface area contributed by atoms with Crippen LogP contribution in [0.1, 0.15) is 11.1 Å². The van der Waals surface area contributed by atoms with Gasteiger partial charge in [0.2, 0.25) is 0 Å². The number of thiophene rings is 1. The maximum Gasteiger partial charge on any atom is 0.104 e. The molecule has 85 heavy (non-hydrogen) atoms. The molecular formula is C78H44N6S. The highest BCUT2D eigenvalue weighted by Crippen LogP contribution is 2.52. The van der Waals surface area contributed by atoms with Crippen molar-refractivity contribution in [3.63, 3.8) is 0 Å². The van der Waals surface area contributed by atoms with Crippen molar-refractivity contribution in [2.45, 2.75) is 0 Å². The fraction of sp³-hybridized carbons (Fsp3) is 0. The average Bonchev–Trinajstić information content (AvgIpc) is 1.69. The molecule has 0 fully saturated rings. The number of para-hydroxylation sites is 6. The highest BCUT2D eigenvalue weighted by Gasteiger charge is 2.35. The molecule has 0 saturated carbocycles. The lowest BCUT2D eigenvalue weighted by molar-refractivity contribution is 1.02. The number of hydrogen-bond donors (Lipinski definition) is 0. The minimum atomic E-state index is 0.413. The Bertz CT molecular complexity index is 5860. The molecule has 0 aliphatic carbocycles. The minimum Gasteiger partial charge on any atom is -0.306 e. The van der Waals surface area contributed by atoms with Crippen molar-refractivity contribution < 1.29 is 0 Å². The standard InChI is InChI=1S/C78H44N6S/c79-45-61-74(81-63-35-12-5-26-52(63)53-27-6-13-36-64(53)81)75(82-65-37-14-7-28-54(65)55-29-8-15-38-66(55)82)62(46-80)77(76(61)83-67-39-16-9-30-56(67)57-31-10-17-40-68(57)83)84-69-41-20-34-59(51-25-4-3-24-50(51)49-33-19-22-47-21-1-2-23-48(47)49)72(69)73-70(84)44-43-60-58-32-11-18-42-71(58)85-78(60)73/h1-44H. The van der Waals surface area contributed by atoms with Gasteiger partial charge in [0.25, 0.3) is 0 Å². The highest BCUT2D eigenvalue weighted by atomic mass is 32.1. The predicted molar refractivity (Wildman–Crippen MR) is 354 cm³/mol. The number of nitriles is 2. The van der Waals surface area contributed by atoms with Crippen molar-refractivity contribution in [3.05, 3.63) is 278 Å². The van der Waals surface area contributed by atoms with Crippen molar-refractivity contribution in [2.24, 2.45) is 0 Å². The molecule has 0 aliphatic heterocycles. The molecule has 0 N–H and O–H groups in total. The van der Waals surface area contributed by atoms with Gasteiger partial charge in [0, 0.05) is 63.3 Å². The first-order valence-corrected chi connectivity index (χ1v) is 29.5. The number of aromatic nitrogens is 4. The van der Waals surface area contributed by atoms with Crippen molar-refractivity contribution in [2.75, 3.05) is 0 Å². The molecule has 0 bridgehead atoms. The molecule has 0 saturated heterocycles. The van der Waals surface area contributed by atoms with Crippen LogP contribution in [0.4, 0.5) is 0 Å². The van der Waals surface area contributed by atoms with Gasteiger partial charge in [-0.25, -0.2) is 0 Å². The maximum absolute atomic E-state index is 13.0. The van der Waals surface area contributed by atoms with E-state index in [0.29, 0.717) is 33.9 Å². The van der Waals surface area contributed by atoms with E-state index in [1.165, 1.54) is 20.9 Å². The van der Waals surface area contributed by atoms with Gasteiger partial charge in [-0.05, 0) is 87.6 Å². The summed E-state index contributed by atoms with van der Waals surface area (Å²) in [6, 6.07) is 101. The largest absolute Gasteiger partial charge is 0.306 e. The first-order chi connectivity index (χ1) is 42.2. The van der Waals surface area contributed by atoms with Crippen LogP contribution in [0.25, 0.3) is 163 Å². The number of nitrogens with zero attached hydrogens (tertiary/aromatic N) is 6. The first kappa shape index (κ1) is 47.2. The van der Waals surface area contributed by atoms with Crippen LogP contribution < -0.4 is 0 Å². The van der Waals surface area contributed by atoms with Crippen LogP contribution in [0.2, 0.25) is 0 Å². The molecule has 0 aliphatic rings. The van der Waals surface area contributed by atoms with Gasteiger partial charge in [-0.3, -0.25) is 0 Å². The highest BCUT2D eigenvalue weighted by molar-refractivity contribution is 7.26. The molecule has 6 nitrogen and oxygen atoms in total. The first-order valence-electron chi connectivity index (χ1n) is 28.6. The molecular weight excluding hydrogens is 1050 g/mol. The van der Waals surface area contributed by atoms with Crippen molar-refractivity contribution >= 4 is 130 Å². The topological polar surface area (TPSA) is 67.3 Å². The molecule has 0 amide bonds. The van der Waals surface area contributed by atoms with Gasteiger partial charge in [-0.15, -0.1) is 11.3 Å².